The van der Waals surface area contributed by atoms with E-state index in [-0.39, 0.29) is 23.5 Å². The lowest BCUT2D eigenvalue weighted by Gasteiger charge is -2.52. The third kappa shape index (κ3) is 2.92. The molecule has 2 fully saturated rings. The zero-order valence-corrected chi connectivity index (χ0v) is 15.8. The maximum Gasteiger partial charge on any atom is 0.223 e. The van der Waals surface area contributed by atoms with Crippen LogP contribution < -0.4 is 0 Å². The van der Waals surface area contributed by atoms with Crippen molar-refractivity contribution in [2.45, 2.75) is 69.4 Å². The number of methoxy groups -OCH3 is 1. The highest BCUT2D eigenvalue weighted by Gasteiger charge is 2.47. The standard InChI is InChI=1S/C21H29N3O2/c1-15(17-14-23-20-16(17)7-5-11-22-20)13-19(25)24-12-6-10-21(26-2)9-4-3-8-18(21)24/h5,7,11,14-15,18H,3-4,6,8-10,12-13H2,1-2H3,(H,22,23). The molecule has 0 spiro atoms. The number of nitrogens with one attached hydrogen (secondary N) is 1. The summed E-state index contributed by atoms with van der Waals surface area (Å²) in [5.41, 5.74) is 1.96. The predicted molar refractivity (Wildman–Crippen MR) is 102 cm³/mol. The molecule has 0 radical (unpaired) electrons. The molecule has 2 aromatic heterocycles. The van der Waals surface area contributed by atoms with E-state index in [1.54, 1.807) is 6.20 Å². The molecule has 5 heteroatoms. The smallest absolute Gasteiger partial charge is 0.223 e. The van der Waals surface area contributed by atoms with Crippen LogP contribution in [0.1, 0.15) is 63.4 Å². The molecule has 3 heterocycles. The number of pyridine rings is 1. The molecular weight excluding hydrogens is 326 g/mol. The summed E-state index contributed by atoms with van der Waals surface area (Å²) < 4.78 is 5.99. The van der Waals surface area contributed by atoms with Crippen molar-refractivity contribution in [2.75, 3.05) is 13.7 Å². The average Bonchev–Trinajstić information content (AvgIpc) is 3.11. The van der Waals surface area contributed by atoms with Gasteiger partial charge in [0, 0.05) is 37.9 Å². The number of H-pyrrole nitrogens is 1. The van der Waals surface area contributed by atoms with Crippen LogP contribution >= 0.6 is 0 Å². The van der Waals surface area contributed by atoms with Crippen molar-refractivity contribution >= 4 is 16.9 Å². The molecule has 1 amide bonds. The molecule has 1 N–H and O–H groups in total. The third-order valence-electron chi connectivity index (χ3n) is 6.53. The SMILES string of the molecule is COC12CCCCC1N(C(=O)CC(C)c1c[nH]c3ncccc13)CCC2. The molecule has 3 atom stereocenters. The van der Waals surface area contributed by atoms with Crippen LogP contribution in [0, 0.1) is 0 Å². The Hall–Kier alpha value is -1.88. The van der Waals surface area contributed by atoms with Gasteiger partial charge in [-0.15, -0.1) is 0 Å². The molecule has 0 aromatic carbocycles. The van der Waals surface area contributed by atoms with Crippen molar-refractivity contribution in [2.24, 2.45) is 0 Å². The van der Waals surface area contributed by atoms with Crippen molar-refractivity contribution in [3.8, 4) is 0 Å². The molecule has 2 aromatic rings. The van der Waals surface area contributed by atoms with E-state index in [1.165, 1.54) is 18.4 Å². The molecule has 1 saturated carbocycles. The zero-order chi connectivity index (χ0) is 18.1. The quantitative estimate of drug-likeness (QED) is 0.901. The summed E-state index contributed by atoms with van der Waals surface area (Å²) >= 11 is 0. The van der Waals surface area contributed by atoms with Gasteiger partial charge in [0.15, 0.2) is 0 Å². The summed E-state index contributed by atoms with van der Waals surface area (Å²) in [6, 6.07) is 4.28. The van der Waals surface area contributed by atoms with Crippen molar-refractivity contribution in [1.29, 1.82) is 0 Å². The average molecular weight is 355 g/mol. The van der Waals surface area contributed by atoms with Crippen LogP contribution in [0.3, 0.4) is 0 Å². The predicted octanol–water partition coefficient (Wildman–Crippen LogP) is 4.01. The number of amides is 1. The number of nitrogens with zero attached hydrogens (tertiary/aromatic N) is 2. The van der Waals surface area contributed by atoms with E-state index in [1.807, 2.05) is 19.4 Å². The highest BCUT2D eigenvalue weighted by Crippen LogP contribution is 2.42. The minimum absolute atomic E-state index is 0.111. The molecule has 140 valence electrons. The molecule has 1 aliphatic carbocycles. The van der Waals surface area contributed by atoms with Crippen molar-refractivity contribution in [1.82, 2.24) is 14.9 Å². The van der Waals surface area contributed by atoms with E-state index in [4.69, 9.17) is 4.74 Å². The second-order valence-electron chi connectivity index (χ2n) is 7.97. The van der Waals surface area contributed by atoms with Crippen molar-refractivity contribution < 1.29 is 9.53 Å². The number of rotatable bonds is 4. The van der Waals surface area contributed by atoms with Crippen LogP contribution in [0.4, 0.5) is 0 Å². The van der Waals surface area contributed by atoms with E-state index >= 15 is 0 Å². The fourth-order valence-electron chi connectivity index (χ4n) is 5.14. The topological polar surface area (TPSA) is 58.2 Å². The van der Waals surface area contributed by atoms with Crippen LogP contribution in [0.2, 0.25) is 0 Å². The molecule has 2 aliphatic rings. The maximum atomic E-state index is 13.2. The Balaban J connectivity index is 1.52. The van der Waals surface area contributed by atoms with E-state index < -0.39 is 0 Å². The molecule has 5 nitrogen and oxygen atoms in total. The van der Waals surface area contributed by atoms with Gasteiger partial charge in [-0.25, -0.2) is 4.98 Å². The molecule has 26 heavy (non-hydrogen) atoms. The van der Waals surface area contributed by atoms with E-state index in [0.29, 0.717) is 6.42 Å². The third-order valence-corrected chi connectivity index (χ3v) is 6.53. The van der Waals surface area contributed by atoms with E-state index in [9.17, 15) is 4.79 Å². The minimum Gasteiger partial charge on any atom is -0.376 e. The maximum absolute atomic E-state index is 13.2. The summed E-state index contributed by atoms with van der Waals surface area (Å²) in [5.74, 6) is 0.437. The van der Waals surface area contributed by atoms with E-state index in [2.05, 4.69) is 27.9 Å². The van der Waals surface area contributed by atoms with Gasteiger partial charge in [-0.1, -0.05) is 19.8 Å². The van der Waals surface area contributed by atoms with Gasteiger partial charge in [-0.3, -0.25) is 4.79 Å². The summed E-state index contributed by atoms with van der Waals surface area (Å²) in [4.78, 5) is 22.9. The van der Waals surface area contributed by atoms with Gasteiger partial charge in [-0.05, 0) is 49.3 Å². The number of ether oxygens (including phenoxy) is 1. The Kier molecular flexibility index (Phi) is 4.74. The highest BCUT2D eigenvalue weighted by atomic mass is 16.5. The van der Waals surface area contributed by atoms with Gasteiger partial charge in [0.25, 0.3) is 0 Å². The first kappa shape index (κ1) is 17.5. The largest absolute Gasteiger partial charge is 0.376 e. The Bertz CT molecular complexity index is 782. The molecule has 3 unspecified atom stereocenters. The summed E-state index contributed by atoms with van der Waals surface area (Å²) in [7, 11) is 1.83. The lowest BCUT2D eigenvalue weighted by Crippen LogP contribution is -2.60. The van der Waals surface area contributed by atoms with Gasteiger partial charge in [0.2, 0.25) is 5.91 Å². The van der Waals surface area contributed by atoms with Gasteiger partial charge in [0.05, 0.1) is 11.6 Å². The fourth-order valence-corrected chi connectivity index (χ4v) is 5.14. The number of hydrogen-bond donors (Lipinski definition) is 1. The zero-order valence-electron chi connectivity index (χ0n) is 15.8. The number of carbonyl (C=O) groups is 1. The molecule has 4 rings (SSSR count). The lowest BCUT2D eigenvalue weighted by atomic mass is 9.74. The molecular formula is C21H29N3O2. The fraction of sp³-hybridized carbons (Fsp3) is 0.619. The Morgan fingerprint density at radius 3 is 3.12 bits per heavy atom. The Labute approximate surface area is 155 Å². The monoisotopic (exact) mass is 355 g/mol. The Morgan fingerprint density at radius 2 is 2.27 bits per heavy atom. The van der Waals surface area contributed by atoms with E-state index in [0.717, 1.165) is 43.3 Å². The first-order valence-corrected chi connectivity index (χ1v) is 9.91. The number of carbonyl (C=O) groups excluding carboxylic acids is 1. The first-order chi connectivity index (χ1) is 12.6. The summed E-state index contributed by atoms with van der Waals surface area (Å²) in [5, 5.41) is 1.12. The van der Waals surface area contributed by atoms with Crippen LogP contribution in [-0.2, 0) is 9.53 Å². The van der Waals surface area contributed by atoms with Crippen molar-refractivity contribution in [3.05, 3.63) is 30.1 Å². The van der Waals surface area contributed by atoms with Crippen LogP contribution in [-0.4, -0.2) is 46.1 Å². The number of likely N-dealkylation sites (tertiary alicyclic amines) is 1. The van der Waals surface area contributed by atoms with Gasteiger partial charge < -0.3 is 14.6 Å². The number of piperidine rings is 1. The van der Waals surface area contributed by atoms with Crippen molar-refractivity contribution in [3.63, 3.8) is 0 Å². The van der Waals surface area contributed by atoms with Gasteiger partial charge >= 0.3 is 0 Å². The second-order valence-corrected chi connectivity index (χ2v) is 7.97. The lowest BCUT2D eigenvalue weighted by molar-refractivity contribution is -0.158. The number of aromatic nitrogens is 2. The van der Waals surface area contributed by atoms with Crippen LogP contribution in [0.15, 0.2) is 24.5 Å². The second kappa shape index (κ2) is 7.03. The van der Waals surface area contributed by atoms with Gasteiger partial charge in [0.1, 0.15) is 5.65 Å². The molecule has 1 saturated heterocycles. The number of aromatic amines is 1. The van der Waals surface area contributed by atoms with Crippen LogP contribution in [0.25, 0.3) is 11.0 Å². The molecule has 1 aliphatic heterocycles. The summed E-state index contributed by atoms with van der Waals surface area (Å²) in [6.07, 6.45) is 11.0. The minimum atomic E-state index is -0.111. The first-order valence-electron chi connectivity index (χ1n) is 9.91. The van der Waals surface area contributed by atoms with Gasteiger partial charge in [-0.2, -0.15) is 0 Å². The molecule has 0 bridgehead atoms. The normalized spacial score (nSPS) is 27.3. The summed E-state index contributed by atoms with van der Waals surface area (Å²) in [6.45, 7) is 3.01. The highest BCUT2D eigenvalue weighted by molar-refractivity contribution is 5.82. The number of hydrogen-bond acceptors (Lipinski definition) is 3. The van der Waals surface area contributed by atoms with Crippen LogP contribution in [0.5, 0.6) is 0 Å². The number of fused-ring (bicyclic) bond motifs is 2. The Morgan fingerprint density at radius 1 is 1.42 bits per heavy atom.